The molecule has 2 N–H and O–H groups in total. The van der Waals surface area contributed by atoms with E-state index in [0.717, 1.165) is 38.3 Å². The van der Waals surface area contributed by atoms with Crippen molar-refractivity contribution in [1.82, 2.24) is 15.5 Å². The summed E-state index contributed by atoms with van der Waals surface area (Å²) in [7, 11) is 0. The first-order chi connectivity index (χ1) is 5.79. The van der Waals surface area contributed by atoms with Gasteiger partial charge in [-0.15, -0.1) is 0 Å². The smallest absolute Gasteiger partial charge is 0.0352 e. The zero-order chi connectivity index (χ0) is 8.55. The molecule has 0 saturated carbocycles. The molecule has 0 atom stereocenters. The zero-order valence-electron chi connectivity index (χ0n) is 8.01. The van der Waals surface area contributed by atoms with Crippen molar-refractivity contribution >= 4 is 0 Å². The summed E-state index contributed by atoms with van der Waals surface area (Å²) in [6.45, 7) is 9.22. The van der Waals surface area contributed by atoms with Crippen LogP contribution in [-0.2, 0) is 0 Å². The fourth-order valence-electron chi connectivity index (χ4n) is 2.54. The minimum absolute atomic E-state index is 0.698. The number of nitrogens with zero attached hydrogens (tertiary/aromatic N) is 1. The van der Waals surface area contributed by atoms with Crippen molar-refractivity contribution < 1.29 is 0 Å². The van der Waals surface area contributed by atoms with Crippen LogP contribution in [0.5, 0.6) is 0 Å². The van der Waals surface area contributed by atoms with E-state index >= 15 is 0 Å². The van der Waals surface area contributed by atoms with Gasteiger partial charge in [0.15, 0.2) is 0 Å². The summed E-state index contributed by atoms with van der Waals surface area (Å²) in [4.78, 5) is 2.66. The van der Waals surface area contributed by atoms with Crippen molar-refractivity contribution in [3.8, 4) is 0 Å². The molecule has 0 aromatic carbocycles. The summed E-state index contributed by atoms with van der Waals surface area (Å²) in [5.41, 5.74) is 0. The third kappa shape index (κ3) is 1.37. The third-order valence-corrected chi connectivity index (χ3v) is 2.96. The van der Waals surface area contributed by atoms with Gasteiger partial charge < -0.3 is 10.6 Å². The van der Waals surface area contributed by atoms with Crippen molar-refractivity contribution in [3.63, 3.8) is 0 Å². The largest absolute Gasteiger partial charge is 0.314 e. The van der Waals surface area contributed by atoms with Crippen LogP contribution in [0.25, 0.3) is 0 Å². The first kappa shape index (κ1) is 8.48. The Balaban J connectivity index is 2.08. The van der Waals surface area contributed by atoms with E-state index in [4.69, 9.17) is 0 Å². The van der Waals surface area contributed by atoms with E-state index in [1.807, 2.05) is 0 Å². The van der Waals surface area contributed by atoms with Gasteiger partial charge in [0.25, 0.3) is 0 Å². The van der Waals surface area contributed by atoms with Crippen molar-refractivity contribution in [3.05, 3.63) is 0 Å². The molecule has 2 saturated heterocycles. The van der Waals surface area contributed by atoms with Crippen molar-refractivity contribution in [2.45, 2.75) is 32.0 Å². The molecular weight excluding hydrogens is 150 g/mol. The minimum atomic E-state index is 0.698. The average molecular weight is 169 g/mol. The summed E-state index contributed by atoms with van der Waals surface area (Å²) in [6.07, 6.45) is 0. The standard InChI is InChI=1S/C9H19N3/c1-7(2)12-8-3-10-5-9(12)6-11-4-8/h7-11H,3-6H2,1-2H3. The number of hydrogen-bond donors (Lipinski definition) is 2. The van der Waals surface area contributed by atoms with Gasteiger partial charge in [-0.1, -0.05) is 0 Å². The summed E-state index contributed by atoms with van der Waals surface area (Å²) in [5, 5.41) is 6.98. The number of fused-ring (bicyclic) bond motifs is 2. The molecule has 3 nitrogen and oxygen atoms in total. The van der Waals surface area contributed by atoms with Gasteiger partial charge in [0, 0.05) is 44.3 Å². The van der Waals surface area contributed by atoms with Crippen LogP contribution in [0.2, 0.25) is 0 Å². The van der Waals surface area contributed by atoms with Crippen LogP contribution >= 0.6 is 0 Å². The zero-order valence-corrected chi connectivity index (χ0v) is 8.01. The molecule has 0 aromatic rings. The van der Waals surface area contributed by atoms with Gasteiger partial charge in [-0.2, -0.15) is 0 Å². The molecule has 0 amide bonds. The molecule has 2 fully saturated rings. The first-order valence-electron chi connectivity index (χ1n) is 4.98. The van der Waals surface area contributed by atoms with Crippen LogP contribution in [0.4, 0.5) is 0 Å². The fourth-order valence-corrected chi connectivity index (χ4v) is 2.54. The van der Waals surface area contributed by atoms with Gasteiger partial charge in [0.1, 0.15) is 0 Å². The Morgan fingerprint density at radius 2 is 1.42 bits per heavy atom. The Morgan fingerprint density at radius 3 is 1.67 bits per heavy atom. The molecule has 2 rings (SSSR count). The Hall–Kier alpha value is -0.120. The highest BCUT2D eigenvalue weighted by Crippen LogP contribution is 2.16. The highest BCUT2D eigenvalue weighted by atomic mass is 15.3. The van der Waals surface area contributed by atoms with E-state index in [9.17, 15) is 0 Å². The second kappa shape index (κ2) is 3.32. The highest BCUT2D eigenvalue weighted by Gasteiger charge is 2.34. The van der Waals surface area contributed by atoms with Gasteiger partial charge in [-0.3, -0.25) is 4.90 Å². The van der Waals surface area contributed by atoms with E-state index in [1.165, 1.54) is 0 Å². The Bertz CT molecular complexity index is 136. The third-order valence-electron chi connectivity index (χ3n) is 2.96. The second-order valence-corrected chi connectivity index (χ2v) is 4.17. The lowest BCUT2D eigenvalue weighted by Gasteiger charge is -2.48. The average Bonchev–Trinajstić information content (AvgIpc) is 2.02. The Kier molecular flexibility index (Phi) is 2.35. The maximum atomic E-state index is 3.49. The molecule has 0 aliphatic carbocycles. The van der Waals surface area contributed by atoms with Crippen molar-refractivity contribution in [2.24, 2.45) is 0 Å². The molecule has 0 unspecified atom stereocenters. The van der Waals surface area contributed by atoms with Crippen LogP contribution in [0.3, 0.4) is 0 Å². The molecule has 0 spiro atoms. The molecule has 2 heterocycles. The van der Waals surface area contributed by atoms with Gasteiger partial charge >= 0.3 is 0 Å². The van der Waals surface area contributed by atoms with Gasteiger partial charge in [0.05, 0.1) is 0 Å². The normalized spacial score (nSPS) is 37.2. The van der Waals surface area contributed by atoms with E-state index in [2.05, 4.69) is 29.4 Å². The van der Waals surface area contributed by atoms with Gasteiger partial charge in [-0.25, -0.2) is 0 Å². The van der Waals surface area contributed by atoms with Crippen molar-refractivity contribution in [1.29, 1.82) is 0 Å². The maximum Gasteiger partial charge on any atom is 0.0352 e. The summed E-state index contributed by atoms with van der Waals surface area (Å²) in [6, 6.07) is 2.14. The Morgan fingerprint density at radius 1 is 1.00 bits per heavy atom. The predicted octanol–water partition coefficient (Wildman–Crippen LogP) is -0.360. The summed E-state index contributed by atoms with van der Waals surface area (Å²) < 4.78 is 0. The van der Waals surface area contributed by atoms with Gasteiger partial charge in [0.2, 0.25) is 0 Å². The highest BCUT2D eigenvalue weighted by molar-refractivity contribution is 4.95. The topological polar surface area (TPSA) is 27.3 Å². The lowest BCUT2D eigenvalue weighted by molar-refractivity contribution is 0.0374. The lowest BCUT2D eigenvalue weighted by atomic mass is 10.0. The number of piperazine rings is 2. The molecule has 2 aliphatic rings. The minimum Gasteiger partial charge on any atom is -0.314 e. The summed E-state index contributed by atoms with van der Waals surface area (Å²) >= 11 is 0. The van der Waals surface area contributed by atoms with E-state index in [-0.39, 0.29) is 0 Å². The van der Waals surface area contributed by atoms with Crippen LogP contribution in [-0.4, -0.2) is 49.2 Å². The summed E-state index contributed by atoms with van der Waals surface area (Å²) in [5.74, 6) is 0. The van der Waals surface area contributed by atoms with Crippen LogP contribution in [0.1, 0.15) is 13.8 Å². The fraction of sp³-hybridized carbons (Fsp3) is 1.00. The van der Waals surface area contributed by atoms with E-state index in [1.54, 1.807) is 0 Å². The molecule has 2 bridgehead atoms. The number of nitrogens with one attached hydrogen (secondary N) is 2. The number of rotatable bonds is 1. The quantitative estimate of drug-likeness (QED) is 0.561. The number of hydrogen-bond acceptors (Lipinski definition) is 3. The molecular formula is C9H19N3. The van der Waals surface area contributed by atoms with E-state index in [0.29, 0.717) is 6.04 Å². The molecule has 70 valence electrons. The monoisotopic (exact) mass is 169 g/mol. The van der Waals surface area contributed by atoms with E-state index < -0.39 is 0 Å². The van der Waals surface area contributed by atoms with Crippen LogP contribution < -0.4 is 10.6 Å². The SMILES string of the molecule is CC(C)N1C2CNCC1CNC2. The molecule has 0 radical (unpaired) electrons. The maximum absolute atomic E-state index is 3.49. The lowest BCUT2D eigenvalue weighted by Crippen LogP contribution is -2.68. The molecule has 0 aromatic heterocycles. The predicted molar refractivity (Wildman–Crippen MR) is 50.3 cm³/mol. The molecule has 12 heavy (non-hydrogen) atoms. The Labute approximate surface area is 74.5 Å². The van der Waals surface area contributed by atoms with Crippen molar-refractivity contribution in [2.75, 3.05) is 26.2 Å². The van der Waals surface area contributed by atoms with Crippen LogP contribution in [0, 0.1) is 0 Å². The van der Waals surface area contributed by atoms with Gasteiger partial charge in [-0.05, 0) is 13.8 Å². The van der Waals surface area contributed by atoms with Crippen LogP contribution in [0.15, 0.2) is 0 Å². The first-order valence-corrected chi connectivity index (χ1v) is 4.98. The second-order valence-electron chi connectivity index (χ2n) is 4.17. The molecule has 2 aliphatic heterocycles. The molecule has 3 heteroatoms.